The highest BCUT2D eigenvalue weighted by Gasteiger charge is 2.12. The second-order valence-corrected chi connectivity index (χ2v) is 9.92. The molecule has 2 aromatic rings. The maximum Gasteiger partial charge on any atom is 0.230 e. The number of carbonyl (C=O) groups is 1. The van der Waals surface area contributed by atoms with Gasteiger partial charge in [-0.2, -0.15) is 0 Å². The molecule has 0 aromatic heterocycles. The van der Waals surface area contributed by atoms with Crippen molar-refractivity contribution in [3.63, 3.8) is 0 Å². The molecule has 28 heavy (non-hydrogen) atoms. The summed E-state index contributed by atoms with van der Waals surface area (Å²) in [6.45, 7) is 3.99. The summed E-state index contributed by atoms with van der Waals surface area (Å²) in [5.41, 5.74) is 2.76. The summed E-state index contributed by atoms with van der Waals surface area (Å²) < 4.78 is 26.5. The lowest BCUT2D eigenvalue weighted by Gasteiger charge is -2.10. The van der Waals surface area contributed by atoms with Gasteiger partial charge in [-0.25, -0.2) is 13.1 Å². The second kappa shape index (κ2) is 10.9. The minimum absolute atomic E-state index is 0.0354. The number of sulfonamides is 1. The molecule has 0 saturated carbocycles. The van der Waals surface area contributed by atoms with Crippen LogP contribution in [-0.2, 0) is 32.9 Å². The maximum absolute atomic E-state index is 12.0. The van der Waals surface area contributed by atoms with E-state index in [-0.39, 0.29) is 17.7 Å². The van der Waals surface area contributed by atoms with Gasteiger partial charge in [-0.15, -0.1) is 11.8 Å². The summed E-state index contributed by atoms with van der Waals surface area (Å²) >= 11 is 7.39. The fourth-order valence-corrected chi connectivity index (χ4v) is 4.84. The molecule has 2 rings (SSSR count). The van der Waals surface area contributed by atoms with Crippen LogP contribution >= 0.6 is 23.4 Å². The molecule has 0 saturated heterocycles. The van der Waals surface area contributed by atoms with Crippen LogP contribution in [0.25, 0.3) is 0 Å². The predicted molar refractivity (Wildman–Crippen MR) is 117 cm³/mol. The average molecular weight is 441 g/mol. The van der Waals surface area contributed by atoms with Gasteiger partial charge >= 0.3 is 0 Å². The molecule has 2 aromatic carbocycles. The number of hydrogen-bond acceptors (Lipinski definition) is 4. The van der Waals surface area contributed by atoms with Gasteiger partial charge in [0.2, 0.25) is 15.9 Å². The van der Waals surface area contributed by atoms with E-state index in [0.717, 1.165) is 16.9 Å². The number of carbonyl (C=O) groups excluding carboxylic acids is 1. The SMILES string of the molecule is CC(C)NS(=O)(=O)Cc1ccc(CNC(=O)CSCc2ccc(Cl)cc2)cc1. The fraction of sp³-hybridized carbons (Fsp3) is 0.350. The lowest BCUT2D eigenvalue weighted by atomic mass is 10.1. The van der Waals surface area contributed by atoms with E-state index in [1.807, 2.05) is 36.4 Å². The molecule has 0 unspecified atom stereocenters. The Kier molecular flexibility index (Phi) is 8.82. The average Bonchev–Trinajstić information content (AvgIpc) is 2.61. The third-order valence-corrected chi connectivity index (χ3v) is 6.50. The molecule has 0 heterocycles. The fourth-order valence-electron chi connectivity index (χ4n) is 2.47. The van der Waals surface area contributed by atoms with Gasteiger partial charge < -0.3 is 5.32 Å². The molecule has 0 fully saturated rings. The Morgan fingerprint density at radius 1 is 1.00 bits per heavy atom. The Morgan fingerprint density at radius 3 is 2.18 bits per heavy atom. The Morgan fingerprint density at radius 2 is 1.57 bits per heavy atom. The molecule has 0 atom stereocenters. The zero-order valence-electron chi connectivity index (χ0n) is 15.9. The van der Waals surface area contributed by atoms with Crippen LogP contribution in [0.15, 0.2) is 48.5 Å². The van der Waals surface area contributed by atoms with Gasteiger partial charge in [0, 0.05) is 23.4 Å². The first-order valence-electron chi connectivity index (χ1n) is 8.90. The highest BCUT2D eigenvalue weighted by atomic mass is 35.5. The summed E-state index contributed by atoms with van der Waals surface area (Å²) in [4.78, 5) is 12.0. The Labute approximate surface area is 176 Å². The van der Waals surface area contributed by atoms with Crippen molar-refractivity contribution in [3.8, 4) is 0 Å². The van der Waals surface area contributed by atoms with Crippen LogP contribution < -0.4 is 10.0 Å². The topological polar surface area (TPSA) is 75.3 Å². The van der Waals surface area contributed by atoms with E-state index < -0.39 is 10.0 Å². The normalized spacial score (nSPS) is 11.6. The third kappa shape index (κ3) is 8.65. The zero-order valence-corrected chi connectivity index (χ0v) is 18.3. The van der Waals surface area contributed by atoms with Crippen molar-refractivity contribution in [1.29, 1.82) is 0 Å². The van der Waals surface area contributed by atoms with Gasteiger partial charge in [-0.1, -0.05) is 48.0 Å². The third-order valence-electron chi connectivity index (χ3n) is 3.70. The van der Waals surface area contributed by atoms with E-state index in [1.54, 1.807) is 37.7 Å². The van der Waals surface area contributed by atoms with Crippen LogP contribution in [0.5, 0.6) is 0 Å². The molecule has 0 bridgehead atoms. The van der Waals surface area contributed by atoms with Crippen LogP contribution in [0.1, 0.15) is 30.5 Å². The first-order valence-corrected chi connectivity index (χ1v) is 12.1. The van der Waals surface area contributed by atoms with Crippen molar-refractivity contribution >= 4 is 39.3 Å². The summed E-state index contributed by atoms with van der Waals surface area (Å²) in [5, 5.41) is 3.58. The minimum Gasteiger partial charge on any atom is -0.351 e. The van der Waals surface area contributed by atoms with Crippen molar-refractivity contribution in [2.24, 2.45) is 0 Å². The van der Waals surface area contributed by atoms with Crippen molar-refractivity contribution in [1.82, 2.24) is 10.0 Å². The molecule has 8 heteroatoms. The van der Waals surface area contributed by atoms with E-state index in [1.165, 1.54) is 0 Å². The number of benzene rings is 2. The number of amides is 1. The second-order valence-electron chi connectivity index (χ2n) is 6.74. The summed E-state index contributed by atoms with van der Waals surface area (Å²) in [5.74, 6) is 1.03. The highest BCUT2D eigenvalue weighted by Crippen LogP contribution is 2.15. The van der Waals surface area contributed by atoms with Crippen molar-refractivity contribution < 1.29 is 13.2 Å². The van der Waals surface area contributed by atoms with E-state index in [4.69, 9.17) is 11.6 Å². The van der Waals surface area contributed by atoms with E-state index in [0.29, 0.717) is 22.9 Å². The molecule has 0 spiro atoms. The van der Waals surface area contributed by atoms with Crippen molar-refractivity contribution in [3.05, 3.63) is 70.2 Å². The minimum atomic E-state index is -3.34. The highest BCUT2D eigenvalue weighted by molar-refractivity contribution is 7.99. The number of halogens is 1. The van der Waals surface area contributed by atoms with Gasteiger partial charge in [-0.05, 0) is 42.7 Å². The Hall–Kier alpha value is -1.54. The summed E-state index contributed by atoms with van der Waals surface area (Å²) in [6, 6.07) is 14.7. The van der Waals surface area contributed by atoms with E-state index in [2.05, 4.69) is 10.0 Å². The van der Waals surface area contributed by atoms with Crippen molar-refractivity contribution in [2.75, 3.05) is 5.75 Å². The zero-order chi connectivity index (χ0) is 20.6. The number of nitrogens with one attached hydrogen (secondary N) is 2. The number of hydrogen-bond donors (Lipinski definition) is 2. The van der Waals surface area contributed by atoms with Crippen LogP contribution in [0, 0.1) is 0 Å². The van der Waals surface area contributed by atoms with E-state index in [9.17, 15) is 13.2 Å². The lowest BCUT2D eigenvalue weighted by Crippen LogP contribution is -2.31. The standard InChI is InChI=1S/C20H25ClN2O3S2/c1-15(2)23-28(25,26)14-18-5-3-16(4-6-18)11-22-20(24)13-27-12-17-7-9-19(21)10-8-17/h3-10,15,23H,11-14H2,1-2H3,(H,22,24). The van der Waals surface area contributed by atoms with Gasteiger partial charge in [0.25, 0.3) is 0 Å². The summed E-state index contributed by atoms with van der Waals surface area (Å²) in [6.07, 6.45) is 0. The smallest absolute Gasteiger partial charge is 0.230 e. The maximum atomic E-state index is 12.0. The summed E-state index contributed by atoms with van der Waals surface area (Å²) in [7, 11) is -3.34. The van der Waals surface area contributed by atoms with Crippen LogP contribution in [-0.4, -0.2) is 26.1 Å². The van der Waals surface area contributed by atoms with Crippen LogP contribution in [0.3, 0.4) is 0 Å². The van der Waals surface area contributed by atoms with Crippen LogP contribution in [0.2, 0.25) is 5.02 Å². The molecule has 0 aliphatic carbocycles. The molecule has 152 valence electrons. The molecule has 0 radical (unpaired) electrons. The Balaban J connectivity index is 1.73. The molecular weight excluding hydrogens is 416 g/mol. The quantitative estimate of drug-likeness (QED) is 0.590. The lowest BCUT2D eigenvalue weighted by molar-refractivity contribution is -0.118. The first kappa shape index (κ1) is 22.7. The van der Waals surface area contributed by atoms with Crippen molar-refractivity contribution in [2.45, 2.75) is 37.9 Å². The number of rotatable bonds is 10. The molecular formula is C20H25ClN2O3S2. The molecule has 1 amide bonds. The predicted octanol–water partition coefficient (Wildman–Crippen LogP) is 3.72. The van der Waals surface area contributed by atoms with Gasteiger partial charge in [0.1, 0.15) is 0 Å². The molecule has 2 N–H and O–H groups in total. The Bertz CT molecular complexity index is 867. The molecule has 0 aliphatic rings. The molecule has 5 nitrogen and oxygen atoms in total. The number of thioether (sulfide) groups is 1. The van der Waals surface area contributed by atoms with Gasteiger partial charge in [-0.3, -0.25) is 4.79 Å². The van der Waals surface area contributed by atoms with Gasteiger partial charge in [0.15, 0.2) is 0 Å². The first-order chi connectivity index (χ1) is 13.2. The van der Waals surface area contributed by atoms with Crippen LogP contribution in [0.4, 0.5) is 0 Å². The largest absolute Gasteiger partial charge is 0.351 e. The molecule has 0 aliphatic heterocycles. The van der Waals surface area contributed by atoms with E-state index >= 15 is 0 Å². The monoisotopic (exact) mass is 440 g/mol. The van der Waals surface area contributed by atoms with Gasteiger partial charge in [0.05, 0.1) is 11.5 Å².